The molecule has 0 bridgehead atoms. The van der Waals surface area contributed by atoms with Crippen molar-refractivity contribution in [3.63, 3.8) is 0 Å². The maximum Gasteiger partial charge on any atom is 0.315 e. The predicted octanol–water partition coefficient (Wildman–Crippen LogP) is 3.11. The third kappa shape index (κ3) is 12.8. The number of carbonyl (C=O) groups is 4. The van der Waals surface area contributed by atoms with Crippen LogP contribution in [-0.4, -0.2) is 105 Å². The Bertz CT molecular complexity index is 1440. The van der Waals surface area contributed by atoms with E-state index in [-0.39, 0.29) is 26.1 Å². The molecule has 49 heavy (non-hydrogen) atoms. The molecule has 1 aliphatic rings. The number of nitrogens with zero attached hydrogens (tertiary/aromatic N) is 2. The highest BCUT2D eigenvalue weighted by Crippen LogP contribution is 2.27. The predicted molar refractivity (Wildman–Crippen MR) is 186 cm³/mol. The Hall–Kier alpha value is -3.33. The molecule has 1 heterocycles. The molecule has 1 fully saturated rings. The van der Waals surface area contributed by atoms with Crippen LogP contribution >= 0.6 is 0 Å². The number of hydrogen-bond acceptors (Lipinski definition) is 6. The van der Waals surface area contributed by atoms with Crippen LogP contribution in [0, 0.1) is 24.7 Å². The van der Waals surface area contributed by atoms with Crippen LogP contribution in [-0.2, 0) is 30.8 Å². The molecule has 2 rings (SSSR count). The number of likely N-dealkylation sites (tertiary alicyclic amines) is 1. The lowest BCUT2D eigenvalue weighted by molar-refractivity contribution is -0.142. The number of likely N-dealkylation sites (N-methyl/N-ethyl adjacent to an activating group) is 1. The molecule has 0 unspecified atom stereocenters. The van der Waals surface area contributed by atoms with Gasteiger partial charge in [-0.1, -0.05) is 59.7 Å². The van der Waals surface area contributed by atoms with Crippen molar-refractivity contribution < 1.29 is 36.4 Å². The number of aryl methyl sites for hydroxylation is 2. The van der Waals surface area contributed by atoms with E-state index < -0.39 is 81.6 Å². The molecule has 15 heteroatoms. The summed E-state index contributed by atoms with van der Waals surface area (Å²) < 4.78 is 52.3. The van der Waals surface area contributed by atoms with Crippen molar-refractivity contribution in [3.8, 4) is 0 Å². The van der Waals surface area contributed by atoms with Crippen molar-refractivity contribution >= 4 is 33.8 Å². The van der Waals surface area contributed by atoms with Crippen LogP contribution in [0.2, 0.25) is 0 Å². The Balaban J connectivity index is 2.16. The van der Waals surface area contributed by atoms with Gasteiger partial charge in [-0.15, -0.1) is 0 Å². The lowest BCUT2D eigenvalue weighted by atomic mass is 9.85. The maximum atomic E-state index is 14.0. The summed E-state index contributed by atoms with van der Waals surface area (Å²) in [5.74, 6) is -2.01. The normalized spacial score (nSPS) is 17.4. The minimum Gasteiger partial charge on any atom is -0.354 e. The topological polar surface area (TPSA) is 157 Å². The van der Waals surface area contributed by atoms with Crippen LogP contribution in [0.15, 0.2) is 18.2 Å². The van der Waals surface area contributed by atoms with Gasteiger partial charge in [0.1, 0.15) is 18.1 Å². The Kier molecular flexibility index (Phi) is 14.6. The first-order chi connectivity index (χ1) is 22.4. The van der Waals surface area contributed by atoms with Crippen LogP contribution < -0.4 is 21.3 Å². The van der Waals surface area contributed by atoms with Gasteiger partial charge in [0, 0.05) is 39.1 Å². The number of amides is 5. The van der Waals surface area contributed by atoms with Gasteiger partial charge in [0.2, 0.25) is 34.2 Å². The number of urea groups is 1. The highest BCUT2D eigenvalue weighted by molar-refractivity contribution is 7.88. The van der Waals surface area contributed by atoms with E-state index in [4.69, 9.17) is 0 Å². The number of hydrogen-bond donors (Lipinski definition) is 4. The minimum atomic E-state index is -3.52. The molecule has 0 aromatic heterocycles. The molecule has 1 aromatic rings. The standard InChI is InChI=1S/C34H56F2N6O6S/c1-21-13-14-23(18-22(21)2)15-16-37-29(43)24(19-27(35)36)38-30(44)25-12-11-17-42(25)31(45)28(34(6,7)8)40-32(46)39-26(33(3,4)5)20-41(9)49(10,47)48/h13-14,18,24-28H,11-12,15-17,19-20H2,1-10H3,(H,37,43)(H,38,44)(H2,39,40,46)/t24-,25-,26+,28+/m0/s1. The van der Waals surface area contributed by atoms with Gasteiger partial charge in [0.05, 0.1) is 6.26 Å². The molecular formula is C34H56F2N6O6S. The quantitative estimate of drug-likeness (QED) is 0.232. The third-order valence-electron chi connectivity index (χ3n) is 8.91. The van der Waals surface area contributed by atoms with Gasteiger partial charge in [-0.05, 0) is 60.6 Å². The van der Waals surface area contributed by atoms with Crippen LogP contribution in [0.4, 0.5) is 13.6 Å². The average Bonchev–Trinajstić information content (AvgIpc) is 3.45. The fourth-order valence-corrected chi connectivity index (χ4v) is 5.89. The molecule has 12 nitrogen and oxygen atoms in total. The van der Waals surface area contributed by atoms with Crippen molar-refractivity contribution in [1.82, 2.24) is 30.5 Å². The molecule has 0 radical (unpaired) electrons. The molecule has 1 aliphatic heterocycles. The number of nitrogens with one attached hydrogen (secondary N) is 4. The molecular weight excluding hydrogens is 658 g/mol. The van der Waals surface area contributed by atoms with Crippen molar-refractivity contribution in [1.29, 1.82) is 0 Å². The van der Waals surface area contributed by atoms with Gasteiger partial charge < -0.3 is 26.2 Å². The lowest BCUT2D eigenvalue weighted by Gasteiger charge is -2.37. The van der Waals surface area contributed by atoms with Gasteiger partial charge in [-0.25, -0.2) is 26.3 Å². The zero-order valence-corrected chi connectivity index (χ0v) is 31.4. The van der Waals surface area contributed by atoms with Gasteiger partial charge in [-0.2, -0.15) is 0 Å². The molecule has 4 atom stereocenters. The number of rotatable bonds is 14. The van der Waals surface area contributed by atoms with E-state index in [2.05, 4.69) is 21.3 Å². The summed E-state index contributed by atoms with van der Waals surface area (Å²) in [5, 5.41) is 10.6. The first-order valence-corrected chi connectivity index (χ1v) is 18.5. The van der Waals surface area contributed by atoms with Crippen molar-refractivity contribution in [2.24, 2.45) is 10.8 Å². The van der Waals surface area contributed by atoms with Crippen molar-refractivity contribution in [3.05, 3.63) is 34.9 Å². The summed E-state index contributed by atoms with van der Waals surface area (Å²) in [4.78, 5) is 55.0. The third-order valence-corrected chi connectivity index (χ3v) is 10.2. The molecule has 0 aliphatic carbocycles. The molecule has 5 amide bonds. The second-order valence-electron chi connectivity index (χ2n) is 15.2. The Morgan fingerprint density at radius 2 is 1.61 bits per heavy atom. The average molecular weight is 715 g/mol. The number of halogens is 2. The first-order valence-electron chi connectivity index (χ1n) is 16.6. The lowest BCUT2D eigenvalue weighted by Crippen LogP contribution is -2.62. The highest BCUT2D eigenvalue weighted by atomic mass is 32.2. The van der Waals surface area contributed by atoms with E-state index in [1.807, 2.05) is 52.8 Å². The fraction of sp³-hybridized carbons (Fsp3) is 0.706. The number of carbonyl (C=O) groups excluding carboxylic acids is 4. The fourth-order valence-electron chi connectivity index (χ4n) is 5.47. The van der Waals surface area contributed by atoms with E-state index >= 15 is 0 Å². The van der Waals surface area contributed by atoms with Crippen molar-refractivity contribution in [2.75, 3.05) is 32.9 Å². The number of alkyl halides is 2. The number of benzene rings is 1. The molecule has 1 aromatic carbocycles. The molecule has 0 saturated carbocycles. The maximum absolute atomic E-state index is 14.0. The molecule has 0 spiro atoms. The zero-order valence-electron chi connectivity index (χ0n) is 30.6. The van der Waals surface area contributed by atoms with E-state index in [1.165, 1.54) is 11.9 Å². The van der Waals surface area contributed by atoms with Gasteiger partial charge in [0.25, 0.3) is 0 Å². The molecule has 4 N–H and O–H groups in total. The summed E-state index contributed by atoms with van der Waals surface area (Å²) in [6.07, 6.45) is -1.50. The van der Waals surface area contributed by atoms with Gasteiger partial charge >= 0.3 is 6.03 Å². The summed E-state index contributed by atoms with van der Waals surface area (Å²) in [5.41, 5.74) is 1.84. The van der Waals surface area contributed by atoms with Crippen LogP contribution in [0.1, 0.15) is 77.5 Å². The first kappa shape index (κ1) is 41.8. The minimum absolute atomic E-state index is 0.00274. The molecule has 278 valence electrons. The van der Waals surface area contributed by atoms with E-state index in [1.54, 1.807) is 20.8 Å². The summed E-state index contributed by atoms with van der Waals surface area (Å²) in [6, 6.07) is 0.953. The largest absolute Gasteiger partial charge is 0.354 e. The van der Waals surface area contributed by atoms with Gasteiger partial charge in [0.15, 0.2) is 0 Å². The number of sulfonamides is 1. The zero-order chi connectivity index (χ0) is 37.5. The monoisotopic (exact) mass is 714 g/mol. The van der Waals surface area contributed by atoms with Crippen LogP contribution in [0.3, 0.4) is 0 Å². The van der Waals surface area contributed by atoms with E-state index in [9.17, 15) is 36.4 Å². The van der Waals surface area contributed by atoms with Crippen LogP contribution in [0.25, 0.3) is 0 Å². The smallest absolute Gasteiger partial charge is 0.315 e. The summed E-state index contributed by atoms with van der Waals surface area (Å²) in [6.45, 7) is 15.1. The Morgan fingerprint density at radius 3 is 2.14 bits per heavy atom. The Morgan fingerprint density at radius 1 is 0.980 bits per heavy atom. The second-order valence-corrected chi connectivity index (χ2v) is 17.3. The van der Waals surface area contributed by atoms with E-state index in [0.29, 0.717) is 12.8 Å². The van der Waals surface area contributed by atoms with E-state index in [0.717, 1.165) is 27.3 Å². The molecule has 1 saturated heterocycles. The van der Waals surface area contributed by atoms with Gasteiger partial charge in [-0.3, -0.25) is 14.4 Å². The van der Waals surface area contributed by atoms with Crippen LogP contribution in [0.5, 0.6) is 0 Å². The Labute approximate surface area is 290 Å². The SMILES string of the molecule is Cc1ccc(CCNC(=O)[C@H](CC(F)F)NC(=O)[C@@H]2CCCN2C(=O)[C@@H](NC(=O)N[C@H](CN(C)S(C)(=O)=O)C(C)(C)C)C(C)(C)C)cc1C. The summed E-state index contributed by atoms with van der Waals surface area (Å²) in [7, 11) is -2.11. The second kappa shape index (κ2) is 17.1. The summed E-state index contributed by atoms with van der Waals surface area (Å²) >= 11 is 0. The van der Waals surface area contributed by atoms with Crippen molar-refractivity contribution in [2.45, 2.75) is 112 Å². The highest BCUT2D eigenvalue weighted by Gasteiger charge is 2.43.